The van der Waals surface area contributed by atoms with Crippen LogP contribution in [0.25, 0.3) is 0 Å². The van der Waals surface area contributed by atoms with E-state index in [0.29, 0.717) is 37.8 Å². The fourth-order valence-electron chi connectivity index (χ4n) is 2.68. The smallest absolute Gasteiger partial charge is 0.242 e. The van der Waals surface area contributed by atoms with Crippen LogP contribution in [0, 0.1) is 0 Å². The summed E-state index contributed by atoms with van der Waals surface area (Å²) in [5.74, 6) is -0.513. The molecule has 0 unspecified atom stereocenters. The van der Waals surface area contributed by atoms with E-state index in [1.54, 1.807) is 43.3 Å². The Balaban J connectivity index is 2.32. The summed E-state index contributed by atoms with van der Waals surface area (Å²) in [6, 6.07) is 9.41. The molecular weight excluding hydrogens is 442 g/mol. The molecule has 4 nitrogen and oxygen atoms in total. The first-order valence-corrected chi connectivity index (χ1v) is 10.2. The number of benzene rings is 2. The average molecular weight is 462 g/mol. The molecule has 0 aromatic heterocycles. The van der Waals surface area contributed by atoms with Gasteiger partial charge in [-0.05, 0) is 43.7 Å². The van der Waals surface area contributed by atoms with Gasteiger partial charge in [0.1, 0.15) is 6.04 Å². The molecular formula is C20H20Cl4N2O2. The van der Waals surface area contributed by atoms with Crippen molar-refractivity contribution in [1.82, 2.24) is 10.2 Å². The van der Waals surface area contributed by atoms with Crippen LogP contribution in [0.2, 0.25) is 20.1 Å². The summed E-state index contributed by atoms with van der Waals surface area (Å²) in [6.45, 7) is 4.06. The van der Waals surface area contributed by atoms with Crippen LogP contribution >= 0.6 is 46.4 Å². The monoisotopic (exact) mass is 460 g/mol. The quantitative estimate of drug-likeness (QED) is 0.600. The van der Waals surface area contributed by atoms with Gasteiger partial charge < -0.3 is 10.2 Å². The molecule has 150 valence electrons. The first-order valence-electron chi connectivity index (χ1n) is 8.68. The molecule has 0 saturated carbocycles. The van der Waals surface area contributed by atoms with Gasteiger partial charge >= 0.3 is 0 Å². The fraction of sp³-hybridized carbons (Fsp3) is 0.300. The first-order chi connectivity index (χ1) is 13.2. The van der Waals surface area contributed by atoms with Crippen molar-refractivity contribution in [3.8, 4) is 0 Å². The van der Waals surface area contributed by atoms with Crippen molar-refractivity contribution in [3.63, 3.8) is 0 Å². The highest BCUT2D eigenvalue weighted by atomic mass is 35.5. The van der Waals surface area contributed by atoms with Gasteiger partial charge in [0.05, 0.1) is 16.5 Å². The summed E-state index contributed by atoms with van der Waals surface area (Å²) < 4.78 is 0. The van der Waals surface area contributed by atoms with Gasteiger partial charge in [-0.2, -0.15) is 0 Å². The molecule has 1 atom stereocenters. The number of carbonyl (C=O) groups excluding carboxylic acids is 2. The van der Waals surface area contributed by atoms with Crippen molar-refractivity contribution in [3.05, 3.63) is 67.6 Å². The highest BCUT2D eigenvalue weighted by Gasteiger charge is 2.27. The van der Waals surface area contributed by atoms with Crippen molar-refractivity contribution in [2.24, 2.45) is 0 Å². The van der Waals surface area contributed by atoms with Gasteiger partial charge in [0.25, 0.3) is 0 Å². The number of nitrogens with zero attached hydrogens (tertiary/aromatic N) is 1. The summed E-state index contributed by atoms with van der Waals surface area (Å²) in [5.41, 5.74) is 1.28. The van der Waals surface area contributed by atoms with Crippen molar-refractivity contribution < 1.29 is 9.59 Å². The van der Waals surface area contributed by atoms with Crippen LogP contribution in [-0.4, -0.2) is 29.3 Å². The summed E-state index contributed by atoms with van der Waals surface area (Å²) in [7, 11) is 0. The van der Waals surface area contributed by atoms with Crippen LogP contribution in [0.15, 0.2) is 36.4 Å². The van der Waals surface area contributed by atoms with E-state index in [9.17, 15) is 9.59 Å². The standard InChI is InChI=1S/C20H20Cl4N2O2/c1-3-25-20(28)12(2)26(11-14-15(21)5-4-6-16(14)22)19(27)10-13-7-8-17(23)18(24)9-13/h4-9,12H,3,10-11H2,1-2H3,(H,25,28)/t12-/m0/s1. The van der Waals surface area contributed by atoms with Crippen molar-refractivity contribution in [2.45, 2.75) is 32.9 Å². The molecule has 0 aliphatic carbocycles. The maximum Gasteiger partial charge on any atom is 0.242 e. The molecule has 1 N–H and O–H groups in total. The van der Waals surface area contributed by atoms with Crippen LogP contribution in [0.1, 0.15) is 25.0 Å². The Morgan fingerprint density at radius 1 is 1.00 bits per heavy atom. The molecule has 2 aromatic rings. The molecule has 0 spiro atoms. The number of hydrogen-bond donors (Lipinski definition) is 1. The predicted octanol–water partition coefficient (Wildman–Crippen LogP) is 5.40. The highest BCUT2D eigenvalue weighted by molar-refractivity contribution is 6.42. The molecule has 0 aliphatic rings. The number of hydrogen-bond acceptors (Lipinski definition) is 2. The maximum absolute atomic E-state index is 13.1. The molecule has 0 aliphatic heterocycles. The summed E-state index contributed by atoms with van der Waals surface area (Å²) in [4.78, 5) is 26.9. The van der Waals surface area contributed by atoms with Gasteiger partial charge in [0.2, 0.25) is 11.8 Å². The van der Waals surface area contributed by atoms with Gasteiger partial charge in [0.15, 0.2) is 0 Å². The summed E-state index contributed by atoms with van der Waals surface area (Å²) in [5, 5.41) is 4.38. The van der Waals surface area contributed by atoms with Crippen LogP contribution in [0.5, 0.6) is 0 Å². The number of rotatable bonds is 7. The normalized spacial score (nSPS) is 11.8. The molecule has 0 heterocycles. The minimum absolute atomic E-state index is 0.0582. The lowest BCUT2D eigenvalue weighted by atomic mass is 10.1. The molecule has 2 rings (SSSR count). The topological polar surface area (TPSA) is 49.4 Å². The second kappa shape index (κ2) is 10.4. The van der Waals surface area contributed by atoms with E-state index in [1.807, 2.05) is 6.92 Å². The van der Waals surface area contributed by atoms with E-state index in [-0.39, 0.29) is 24.8 Å². The molecule has 28 heavy (non-hydrogen) atoms. The Kier molecular flexibility index (Phi) is 8.44. The summed E-state index contributed by atoms with van der Waals surface area (Å²) in [6.07, 6.45) is 0.0582. The predicted molar refractivity (Wildman–Crippen MR) is 115 cm³/mol. The van der Waals surface area contributed by atoms with Crippen LogP contribution < -0.4 is 5.32 Å². The van der Waals surface area contributed by atoms with Crippen LogP contribution in [0.3, 0.4) is 0 Å². The number of nitrogens with one attached hydrogen (secondary N) is 1. The number of likely N-dealkylation sites (N-methyl/N-ethyl adjacent to an activating group) is 1. The Morgan fingerprint density at radius 3 is 2.21 bits per heavy atom. The van der Waals surface area contributed by atoms with E-state index in [0.717, 1.165) is 0 Å². The summed E-state index contributed by atoms with van der Waals surface area (Å²) >= 11 is 24.5. The third-order valence-electron chi connectivity index (χ3n) is 4.25. The largest absolute Gasteiger partial charge is 0.355 e. The number of halogens is 4. The third kappa shape index (κ3) is 5.77. The Bertz CT molecular complexity index is 853. The van der Waals surface area contributed by atoms with Gasteiger partial charge in [-0.3, -0.25) is 9.59 Å². The van der Waals surface area contributed by atoms with Gasteiger partial charge in [-0.25, -0.2) is 0 Å². The molecule has 2 amide bonds. The minimum atomic E-state index is -0.706. The number of amides is 2. The van der Waals surface area contributed by atoms with E-state index >= 15 is 0 Å². The zero-order valence-electron chi connectivity index (χ0n) is 15.4. The lowest BCUT2D eigenvalue weighted by Gasteiger charge is -2.29. The molecule has 8 heteroatoms. The molecule has 0 bridgehead atoms. The lowest BCUT2D eigenvalue weighted by molar-refractivity contribution is -0.140. The van der Waals surface area contributed by atoms with E-state index in [4.69, 9.17) is 46.4 Å². The first kappa shape index (κ1) is 22.8. The van der Waals surface area contributed by atoms with E-state index in [1.165, 1.54) is 4.90 Å². The Labute approximate surface area is 184 Å². The molecule has 0 fully saturated rings. The van der Waals surface area contributed by atoms with Gasteiger partial charge in [0, 0.05) is 28.7 Å². The van der Waals surface area contributed by atoms with Crippen molar-refractivity contribution in [2.75, 3.05) is 6.54 Å². The number of carbonyl (C=O) groups is 2. The highest BCUT2D eigenvalue weighted by Crippen LogP contribution is 2.27. The van der Waals surface area contributed by atoms with Crippen molar-refractivity contribution in [1.29, 1.82) is 0 Å². The second-order valence-corrected chi connectivity index (χ2v) is 7.85. The van der Waals surface area contributed by atoms with Gasteiger partial charge in [-0.1, -0.05) is 58.5 Å². The maximum atomic E-state index is 13.1. The third-order valence-corrected chi connectivity index (χ3v) is 5.70. The fourth-order valence-corrected chi connectivity index (χ4v) is 3.52. The Morgan fingerprint density at radius 2 is 1.64 bits per heavy atom. The van der Waals surface area contributed by atoms with E-state index in [2.05, 4.69) is 5.32 Å². The van der Waals surface area contributed by atoms with E-state index < -0.39 is 6.04 Å². The molecule has 2 aromatic carbocycles. The second-order valence-electron chi connectivity index (χ2n) is 6.22. The molecule has 0 saturated heterocycles. The average Bonchev–Trinajstić information content (AvgIpc) is 2.64. The zero-order chi connectivity index (χ0) is 20.8. The zero-order valence-corrected chi connectivity index (χ0v) is 18.5. The minimum Gasteiger partial charge on any atom is -0.355 e. The Hall–Kier alpha value is -1.46. The van der Waals surface area contributed by atoms with Gasteiger partial charge in [-0.15, -0.1) is 0 Å². The molecule has 0 radical (unpaired) electrons. The van der Waals surface area contributed by atoms with Crippen molar-refractivity contribution >= 4 is 58.2 Å². The SMILES string of the molecule is CCNC(=O)[C@H](C)N(Cc1c(Cl)cccc1Cl)C(=O)Cc1ccc(Cl)c(Cl)c1. The van der Waals surface area contributed by atoms with Crippen LogP contribution in [-0.2, 0) is 22.6 Å². The lowest BCUT2D eigenvalue weighted by Crippen LogP contribution is -2.48. The van der Waals surface area contributed by atoms with Crippen LogP contribution in [0.4, 0.5) is 0 Å².